The third kappa shape index (κ3) is 2.39. The highest BCUT2D eigenvalue weighted by molar-refractivity contribution is 8.26. The van der Waals surface area contributed by atoms with Crippen molar-refractivity contribution < 1.29 is 4.79 Å². The topological polar surface area (TPSA) is 33.2 Å². The van der Waals surface area contributed by atoms with Crippen molar-refractivity contribution in [2.75, 3.05) is 6.54 Å². The number of benzene rings is 1. The van der Waals surface area contributed by atoms with E-state index >= 15 is 0 Å². The molecule has 2 aromatic rings. The molecule has 6 heteroatoms. The number of likely N-dealkylation sites (N-methyl/N-ethyl adjacent to an activating group) is 1. The second kappa shape index (κ2) is 5.27. The van der Waals surface area contributed by atoms with Crippen LogP contribution in [0.1, 0.15) is 17.5 Å². The van der Waals surface area contributed by atoms with Gasteiger partial charge in [-0.15, -0.1) is 11.3 Å². The maximum absolute atomic E-state index is 12.2. The van der Waals surface area contributed by atoms with Crippen molar-refractivity contribution >= 4 is 61.8 Å². The molecule has 2 heterocycles. The third-order valence-corrected chi connectivity index (χ3v) is 5.34. The minimum absolute atomic E-state index is 0.00273. The first-order valence-electron chi connectivity index (χ1n) is 6.21. The summed E-state index contributed by atoms with van der Waals surface area (Å²) in [7, 11) is 0. The smallest absolute Gasteiger partial charge is 0.266 e. The van der Waals surface area contributed by atoms with E-state index in [2.05, 4.69) is 4.98 Å². The Morgan fingerprint density at radius 2 is 2.25 bits per heavy atom. The molecule has 20 heavy (non-hydrogen) atoms. The number of aromatic nitrogens is 1. The Morgan fingerprint density at radius 3 is 2.95 bits per heavy atom. The van der Waals surface area contributed by atoms with E-state index in [0.717, 1.165) is 16.1 Å². The predicted molar refractivity (Wildman–Crippen MR) is 89.9 cm³/mol. The number of hydrogen-bond acceptors (Lipinski definition) is 5. The molecule has 0 spiro atoms. The zero-order valence-electron chi connectivity index (χ0n) is 11.0. The fourth-order valence-corrected chi connectivity index (χ4v) is 4.27. The molecule has 1 saturated heterocycles. The van der Waals surface area contributed by atoms with Gasteiger partial charge in [0, 0.05) is 6.54 Å². The van der Waals surface area contributed by atoms with Crippen LogP contribution in [0.3, 0.4) is 0 Å². The lowest BCUT2D eigenvalue weighted by Gasteiger charge is -2.09. The molecule has 3 rings (SSSR count). The number of amides is 1. The lowest BCUT2D eigenvalue weighted by atomic mass is 10.2. The summed E-state index contributed by atoms with van der Waals surface area (Å²) >= 11 is 8.25. The zero-order chi connectivity index (χ0) is 14.3. The van der Waals surface area contributed by atoms with Gasteiger partial charge >= 0.3 is 0 Å². The summed E-state index contributed by atoms with van der Waals surface area (Å²) in [4.78, 5) is 18.9. The van der Waals surface area contributed by atoms with Crippen LogP contribution >= 0.6 is 35.3 Å². The molecule has 1 aromatic carbocycles. The molecule has 3 nitrogen and oxygen atoms in total. The van der Waals surface area contributed by atoms with Gasteiger partial charge in [-0.05, 0) is 37.6 Å². The molecule has 1 fully saturated rings. The van der Waals surface area contributed by atoms with Crippen LogP contribution in [0.5, 0.6) is 0 Å². The molecule has 0 unspecified atom stereocenters. The van der Waals surface area contributed by atoms with E-state index in [0.29, 0.717) is 15.8 Å². The number of rotatable bonds is 2. The fraction of sp³-hybridized carbons (Fsp3) is 0.214. The Bertz CT molecular complexity index is 748. The van der Waals surface area contributed by atoms with Crippen LogP contribution in [0, 0.1) is 6.92 Å². The second-order valence-electron chi connectivity index (χ2n) is 4.39. The SMILES string of the molecule is CCN1C(=O)C(=Cc2ccc3sc(C)nc3c2)SC1=S. The van der Waals surface area contributed by atoms with Crippen molar-refractivity contribution in [1.29, 1.82) is 0 Å². The van der Waals surface area contributed by atoms with E-state index in [-0.39, 0.29) is 5.91 Å². The Labute approximate surface area is 130 Å². The number of carbonyl (C=O) groups excluding carboxylic acids is 1. The van der Waals surface area contributed by atoms with Crippen molar-refractivity contribution in [3.05, 3.63) is 33.7 Å². The number of carbonyl (C=O) groups is 1. The van der Waals surface area contributed by atoms with Crippen LogP contribution in [-0.4, -0.2) is 26.7 Å². The number of thiazole rings is 1. The maximum atomic E-state index is 12.2. The summed E-state index contributed by atoms with van der Waals surface area (Å²) in [6.07, 6.45) is 1.89. The monoisotopic (exact) mass is 320 g/mol. The molecule has 102 valence electrons. The van der Waals surface area contributed by atoms with Gasteiger partial charge in [0.2, 0.25) is 0 Å². The van der Waals surface area contributed by atoms with Gasteiger partial charge in [-0.1, -0.05) is 30.0 Å². The predicted octanol–water partition coefficient (Wildman–Crippen LogP) is 3.83. The second-order valence-corrected chi connectivity index (χ2v) is 7.30. The normalized spacial score (nSPS) is 17.7. The van der Waals surface area contributed by atoms with Crippen LogP contribution in [0.25, 0.3) is 16.3 Å². The van der Waals surface area contributed by atoms with Crippen molar-refractivity contribution in [3.63, 3.8) is 0 Å². The Morgan fingerprint density at radius 1 is 1.45 bits per heavy atom. The minimum atomic E-state index is -0.00273. The molecule has 1 aliphatic heterocycles. The number of thioether (sulfide) groups is 1. The summed E-state index contributed by atoms with van der Waals surface area (Å²) in [6.45, 7) is 4.54. The summed E-state index contributed by atoms with van der Waals surface area (Å²) in [6, 6.07) is 6.07. The Kier molecular flexibility index (Phi) is 3.62. The molecule has 0 atom stereocenters. The van der Waals surface area contributed by atoms with Crippen molar-refractivity contribution in [2.24, 2.45) is 0 Å². The van der Waals surface area contributed by atoms with Crippen molar-refractivity contribution in [3.8, 4) is 0 Å². The van der Waals surface area contributed by atoms with Crippen LogP contribution in [0.2, 0.25) is 0 Å². The van der Waals surface area contributed by atoms with Gasteiger partial charge in [0.1, 0.15) is 4.32 Å². The number of thiocarbonyl (C=S) groups is 1. The van der Waals surface area contributed by atoms with E-state index in [1.165, 1.54) is 16.5 Å². The highest BCUT2D eigenvalue weighted by Gasteiger charge is 2.30. The largest absolute Gasteiger partial charge is 0.293 e. The summed E-state index contributed by atoms with van der Waals surface area (Å²) < 4.78 is 1.80. The van der Waals surface area contributed by atoms with Crippen LogP contribution in [-0.2, 0) is 4.79 Å². The molecular formula is C14H12N2OS3. The highest BCUT2D eigenvalue weighted by Crippen LogP contribution is 2.33. The Hall–Kier alpha value is -1.24. The molecule has 0 N–H and O–H groups in total. The zero-order valence-corrected chi connectivity index (χ0v) is 13.5. The average molecular weight is 320 g/mol. The van der Waals surface area contributed by atoms with Crippen LogP contribution in [0.15, 0.2) is 23.1 Å². The van der Waals surface area contributed by atoms with Gasteiger partial charge in [-0.2, -0.15) is 0 Å². The molecule has 0 aliphatic carbocycles. The molecule has 1 aliphatic rings. The lowest BCUT2D eigenvalue weighted by molar-refractivity contribution is -0.121. The number of hydrogen-bond donors (Lipinski definition) is 0. The van der Waals surface area contributed by atoms with E-state index < -0.39 is 0 Å². The summed E-state index contributed by atoms with van der Waals surface area (Å²) in [5.41, 5.74) is 1.96. The highest BCUT2D eigenvalue weighted by atomic mass is 32.2. The average Bonchev–Trinajstić information content (AvgIpc) is 2.89. The fourth-order valence-electron chi connectivity index (χ4n) is 2.07. The molecule has 0 radical (unpaired) electrons. The van der Waals surface area contributed by atoms with Crippen LogP contribution in [0.4, 0.5) is 0 Å². The standard InChI is InChI=1S/C14H12N2OS3/c1-3-16-13(17)12(20-14(16)18)7-9-4-5-11-10(6-9)15-8(2)19-11/h4-7H,3H2,1-2H3. The molecule has 1 amide bonds. The van der Waals surface area contributed by atoms with Gasteiger partial charge < -0.3 is 0 Å². The van der Waals surface area contributed by atoms with Gasteiger partial charge in [0.25, 0.3) is 5.91 Å². The molecule has 1 aromatic heterocycles. The van der Waals surface area contributed by atoms with Gasteiger partial charge in [-0.25, -0.2) is 4.98 Å². The first-order chi connectivity index (χ1) is 9.58. The summed E-state index contributed by atoms with van der Waals surface area (Å²) in [5, 5.41) is 1.05. The first kappa shape index (κ1) is 13.7. The van der Waals surface area contributed by atoms with Crippen LogP contribution < -0.4 is 0 Å². The van der Waals surface area contributed by atoms with E-state index in [1.54, 1.807) is 16.2 Å². The summed E-state index contributed by atoms with van der Waals surface area (Å²) in [5.74, 6) is -0.00273. The van der Waals surface area contributed by atoms with E-state index in [1.807, 2.05) is 38.1 Å². The third-order valence-electron chi connectivity index (χ3n) is 3.01. The number of fused-ring (bicyclic) bond motifs is 1. The van der Waals surface area contributed by atoms with Gasteiger partial charge in [0.15, 0.2) is 0 Å². The van der Waals surface area contributed by atoms with Crippen molar-refractivity contribution in [1.82, 2.24) is 9.88 Å². The van der Waals surface area contributed by atoms with E-state index in [9.17, 15) is 4.79 Å². The van der Waals surface area contributed by atoms with Gasteiger partial charge in [0.05, 0.1) is 20.1 Å². The molecule has 0 bridgehead atoms. The van der Waals surface area contributed by atoms with E-state index in [4.69, 9.17) is 12.2 Å². The number of aryl methyl sites for hydroxylation is 1. The maximum Gasteiger partial charge on any atom is 0.266 e. The molecular weight excluding hydrogens is 308 g/mol. The molecule has 0 saturated carbocycles. The van der Waals surface area contributed by atoms with Gasteiger partial charge in [-0.3, -0.25) is 9.69 Å². The number of nitrogens with zero attached hydrogens (tertiary/aromatic N) is 2. The van der Waals surface area contributed by atoms with Crippen molar-refractivity contribution in [2.45, 2.75) is 13.8 Å². The first-order valence-corrected chi connectivity index (χ1v) is 8.25. The lowest BCUT2D eigenvalue weighted by Crippen LogP contribution is -2.27. The quantitative estimate of drug-likeness (QED) is 0.622. The minimum Gasteiger partial charge on any atom is -0.293 e. The Balaban J connectivity index is 1.98.